The van der Waals surface area contributed by atoms with E-state index in [4.69, 9.17) is 4.74 Å². The molecule has 1 heterocycles. The second-order valence-electron chi connectivity index (χ2n) is 4.56. The molecular weight excluding hydrogens is 302 g/mol. The van der Waals surface area contributed by atoms with E-state index < -0.39 is 25.1 Å². The Bertz CT molecular complexity index is 673. The van der Waals surface area contributed by atoms with E-state index in [1.807, 2.05) is 0 Å². The third-order valence-electron chi connectivity index (χ3n) is 3.40. The Morgan fingerprint density at radius 2 is 1.70 bits per heavy atom. The average Bonchev–Trinajstić information content (AvgIpc) is 2.36. The van der Waals surface area contributed by atoms with Crippen LogP contribution in [0.5, 0.6) is 5.75 Å². The molecule has 1 saturated heterocycles. The molecule has 0 aromatic heterocycles. The number of hydrogen-bond acceptors (Lipinski definition) is 5. The highest BCUT2D eigenvalue weighted by Gasteiger charge is 2.42. The van der Waals surface area contributed by atoms with Crippen molar-refractivity contribution in [3.05, 3.63) is 24.3 Å². The van der Waals surface area contributed by atoms with Gasteiger partial charge in [-0.2, -0.15) is 4.31 Å². The van der Waals surface area contributed by atoms with Gasteiger partial charge in [0.2, 0.25) is 10.0 Å². The van der Waals surface area contributed by atoms with Crippen molar-refractivity contribution in [1.82, 2.24) is 4.31 Å². The average molecular weight is 319 g/mol. The number of sulfonamides is 1. The van der Waals surface area contributed by atoms with E-state index in [2.05, 4.69) is 0 Å². The maximum Gasteiger partial charge on any atom is 0.213 e. The van der Waals surface area contributed by atoms with Crippen molar-refractivity contribution in [3.63, 3.8) is 0 Å². The molecule has 1 aromatic rings. The molecular formula is C12H17NO5S2. The first-order valence-corrected chi connectivity index (χ1v) is 9.32. The molecule has 1 aliphatic heterocycles. The molecule has 0 spiro atoms. The van der Waals surface area contributed by atoms with E-state index in [9.17, 15) is 16.8 Å². The molecule has 0 unspecified atom stereocenters. The van der Waals surface area contributed by atoms with Gasteiger partial charge in [-0.15, -0.1) is 0 Å². The molecule has 6 nitrogen and oxygen atoms in total. The van der Waals surface area contributed by atoms with Gasteiger partial charge in [0.25, 0.3) is 0 Å². The molecule has 1 aromatic carbocycles. The first kappa shape index (κ1) is 15.3. The monoisotopic (exact) mass is 319 g/mol. The maximum absolute atomic E-state index is 12.3. The molecule has 0 amide bonds. The lowest BCUT2D eigenvalue weighted by atomic mass is 10.3. The summed E-state index contributed by atoms with van der Waals surface area (Å²) in [6.07, 6.45) is 0. The predicted octanol–water partition coefficient (Wildman–Crippen LogP) is 0.503. The summed E-state index contributed by atoms with van der Waals surface area (Å²) in [6, 6.07) is 6.11. The lowest BCUT2D eigenvalue weighted by molar-refractivity contribution is 0.310. The van der Waals surface area contributed by atoms with Crippen molar-refractivity contribution in [1.29, 1.82) is 0 Å². The van der Waals surface area contributed by atoms with Crippen LogP contribution in [0.3, 0.4) is 0 Å². The van der Waals surface area contributed by atoms with Gasteiger partial charge >= 0.3 is 0 Å². The summed E-state index contributed by atoms with van der Waals surface area (Å²) >= 11 is 0. The molecule has 1 fully saturated rings. The normalized spacial score (nSPS) is 17.7. The fourth-order valence-corrected chi connectivity index (χ4v) is 4.99. The topological polar surface area (TPSA) is 80.8 Å². The number of nitrogens with zero attached hydrogens (tertiary/aromatic N) is 1. The Morgan fingerprint density at radius 3 is 2.15 bits per heavy atom. The highest BCUT2D eigenvalue weighted by molar-refractivity contribution is 7.92. The summed E-state index contributed by atoms with van der Waals surface area (Å²) in [7, 11) is -5.29. The summed E-state index contributed by atoms with van der Waals surface area (Å²) in [5.74, 6) is 0.565. The molecule has 0 atom stereocenters. The fraction of sp³-hybridized carbons (Fsp3) is 0.500. The van der Waals surface area contributed by atoms with Crippen LogP contribution >= 0.6 is 0 Å². The van der Waals surface area contributed by atoms with Gasteiger partial charge in [-0.25, -0.2) is 16.8 Å². The summed E-state index contributed by atoms with van der Waals surface area (Å²) < 4.78 is 54.0. The van der Waals surface area contributed by atoms with Crippen LogP contribution in [0.15, 0.2) is 29.2 Å². The maximum atomic E-state index is 12.3. The van der Waals surface area contributed by atoms with Crippen molar-refractivity contribution in [2.24, 2.45) is 0 Å². The Balaban J connectivity index is 2.13. The van der Waals surface area contributed by atoms with Crippen LogP contribution in [0.1, 0.15) is 6.92 Å². The van der Waals surface area contributed by atoms with Gasteiger partial charge in [0.15, 0.2) is 9.84 Å². The Hall–Kier alpha value is -1.12. The Kier molecular flexibility index (Phi) is 4.08. The van der Waals surface area contributed by atoms with Crippen molar-refractivity contribution in [2.45, 2.75) is 17.1 Å². The smallest absolute Gasteiger partial charge is 0.213 e. The van der Waals surface area contributed by atoms with Gasteiger partial charge in [0.1, 0.15) is 5.75 Å². The highest BCUT2D eigenvalue weighted by Crippen LogP contribution is 2.27. The van der Waals surface area contributed by atoms with Gasteiger partial charge in [0, 0.05) is 13.1 Å². The number of ether oxygens (including phenoxy) is 1. The van der Waals surface area contributed by atoms with Crippen LogP contribution in [-0.2, 0) is 19.9 Å². The molecule has 0 aliphatic carbocycles. The van der Waals surface area contributed by atoms with E-state index in [0.29, 0.717) is 5.75 Å². The van der Waals surface area contributed by atoms with E-state index in [1.54, 1.807) is 19.1 Å². The predicted molar refractivity (Wildman–Crippen MR) is 75.0 cm³/mol. The molecule has 0 radical (unpaired) electrons. The Labute approximate surface area is 119 Å². The molecule has 1 aliphatic rings. The SMILES string of the molecule is CCS(=O)(=O)N1CC(S(=O)(=O)c2ccc(OC)cc2)C1. The molecule has 0 N–H and O–H groups in total. The summed E-state index contributed by atoms with van der Waals surface area (Å²) in [4.78, 5) is 0.192. The quantitative estimate of drug-likeness (QED) is 0.789. The van der Waals surface area contributed by atoms with Crippen LogP contribution in [0, 0.1) is 0 Å². The van der Waals surface area contributed by atoms with E-state index in [1.165, 1.54) is 23.5 Å². The van der Waals surface area contributed by atoms with Crippen LogP contribution < -0.4 is 4.74 Å². The molecule has 112 valence electrons. The van der Waals surface area contributed by atoms with E-state index in [0.717, 1.165) is 0 Å². The van der Waals surface area contributed by atoms with Gasteiger partial charge in [-0.05, 0) is 31.2 Å². The zero-order chi connectivity index (χ0) is 15.0. The van der Waals surface area contributed by atoms with Crippen molar-refractivity contribution in [3.8, 4) is 5.75 Å². The second-order valence-corrected chi connectivity index (χ2v) is 9.05. The minimum atomic E-state index is -3.49. The van der Waals surface area contributed by atoms with Gasteiger partial charge in [-0.1, -0.05) is 0 Å². The van der Waals surface area contributed by atoms with Gasteiger partial charge in [-0.3, -0.25) is 0 Å². The summed E-state index contributed by atoms with van der Waals surface area (Å²) in [5, 5.41) is -0.669. The van der Waals surface area contributed by atoms with Crippen LogP contribution in [0.2, 0.25) is 0 Å². The third-order valence-corrected chi connectivity index (χ3v) is 7.32. The molecule has 2 rings (SSSR count). The minimum absolute atomic E-state index is 0.0116. The number of hydrogen-bond donors (Lipinski definition) is 0. The van der Waals surface area contributed by atoms with Crippen LogP contribution in [-0.4, -0.2) is 52.3 Å². The standard InChI is InChI=1S/C12H17NO5S2/c1-3-19(14,15)13-8-12(9-13)20(16,17)11-6-4-10(18-2)5-7-11/h4-7,12H,3,8-9H2,1-2H3. The molecule has 20 heavy (non-hydrogen) atoms. The van der Waals surface area contributed by atoms with E-state index >= 15 is 0 Å². The van der Waals surface area contributed by atoms with Crippen LogP contribution in [0.4, 0.5) is 0 Å². The van der Waals surface area contributed by atoms with Crippen molar-refractivity contribution in [2.75, 3.05) is 26.0 Å². The van der Waals surface area contributed by atoms with Crippen molar-refractivity contribution < 1.29 is 21.6 Å². The summed E-state index contributed by atoms with van der Waals surface area (Å²) in [6.45, 7) is 1.61. The number of methoxy groups -OCH3 is 1. The van der Waals surface area contributed by atoms with Gasteiger partial charge < -0.3 is 4.74 Å². The molecule has 0 bridgehead atoms. The largest absolute Gasteiger partial charge is 0.497 e. The van der Waals surface area contributed by atoms with Crippen LogP contribution in [0.25, 0.3) is 0 Å². The molecule has 0 saturated carbocycles. The number of rotatable bonds is 5. The molecule has 8 heteroatoms. The zero-order valence-electron chi connectivity index (χ0n) is 11.3. The lowest BCUT2D eigenvalue weighted by Crippen LogP contribution is -2.57. The summed E-state index contributed by atoms with van der Waals surface area (Å²) in [5.41, 5.74) is 0. The van der Waals surface area contributed by atoms with E-state index in [-0.39, 0.29) is 23.7 Å². The fourth-order valence-electron chi connectivity index (χ4n) is 1.96. The second kappa shape index (κ2) is 5.34. The highest BCUT2D eigenvalue weighted by atomic mass is 32.2. The van der Waals surface area contributed by atoms with Crippen molar-refractivity contribution >= 4 is 19.9 Å². The first-order valence-electron chi connectivity index (χ1n) is 6.17. The number of sulfone groups is 1. The lowest BCUT2D eigenvalue weighted by Gasteiger charge is -2.37. The number of benzene rings is 1. The Morgan fingerprint density at radius 1 is 1.15 bits per heavy atom. The third kappa shape index (κ3) is 2.68. The van der Waals surface area contributed by atoms with Gasteiger partial charge in [0.05, 0.1) is 23.0 Å². The first-order chi connectivity index (χ1) is 9.31. The zero-order valence-corrected chi connectivity index (χ0v) is 12.9. The minimum Gasteiger partial charge on any atom is -0.497 e.